The van der Waals surface area contributed by atoms with E-state index in [0.717, 1.165) is 45.2 Å². The second-order valence-corrected chi connectivity index (χ2v) is 7.40. The number of rotatable bonds is 9. The highest BCUT2D eigenvalue weighted by atomic mass is 32.2. The summed E-state index contributed by atoms with van der Waals surface area (Å²) in [6.45, 7) is 9.76. The number of piperidine rings is 1. The van der Waals surface area contributed by atoms with Crippen LogP contribution < -0.4 is 5.32 Å². The zero-order chi connectivity index (χ0) is 15.0. The van der Waals surface area contributed by atoms with Gasteiger partial charge in [-0.15, -0.1) is 0 Å². The third-order valence-corrected chi connectivity index (χ3v) is 5.78. The Morgan fingerprint density at radius 1 is 1.05 bits per heavy atom. The van der Waals surface area contributed by atoms with Crippen molar-refractivity contribution in [1.29, 1.82) is 0 Å². The molecule has 0 saturated carbocycles. The summed E-state index contributed by atoms with van der Waals surface area (Å²) in [4.78, 5) is 0. The maximum absolute atomic E-state index is 12.9. The van der Waals surface area contributed by atoms with E-state index >= 15 is 0 Å². The van der Waals surface area contributed by atoms with Crippen LogP contribution in [0.1, 0.15) is 52.9 Å². The van der Waals surface area contributed by atoms with Crippen molar-refractivity contribution < 1.29 is 8.42 Å². The molecule has 5 nitrogen and oxygen atoms in total. The summed E-state index contributed by atoms with van der Waals surface area (Å²) in [6.07, 6.45) is 4.62. The number of nitrogens with one attached hydrogen (secondary N) is 1. The van der Waals surface area contributed by atoms with Crippen molar-refractivity contribution in [3.8, 4) is 0 Å². The molecule has 1 fully saturated rings. The Labute approximate surface area is 124 Å². The van der Waals surface area contributed by atoms with Crippen molar-refractivity contribution in [2.45, 2.75) is 58.9 Å². The Bertz CT molecular complexity index is 347. The van der Waals surface area contributed by atoms with Crippen LogP contribution in [-0.2, 0) is 10.2 Å². The maximum atomic E-state index is 12.9. The van der Waals surface area contributed by atoms with Gasteiger partial charge in [0.05, 0.1) is 0 Å². The predicted molar refractivity (Wildman–Crippen MR) is 84.0 cm³/mol. The molecule has 0 aliphatic carbocycles. The van der Waals surface area contributed by atoms with Crippen LogP contribution in [0.5, 0.6) is 0 Å². The molecule has 20 heavy (non-hydrogen) atoms. The molecule has 1 heterocycles. The Hall–Kier alpha value is -0.170. The smallest absolute Gasteiger partial charge is 0.282 e. The molecule has 0 aromatic carbocycles. The third-order valence-electron chi connectivity index (χ3n) is 3.69. The molecule has 120 valence electrons. The van der Waals surface area contributed by atoms with E-state index in [1.54, 1.807) is 8.61 Å². The first kappa shape index (κ1) is 17.9. The lowest BCUT2D eigenvalue weighted by Crippen LogP contribution is -2.53. The Kier molecular flexibility index (Phi) is 8.02. The summed E-state index contributed by atoms with van der Waals surface area (Å²) in [5.41, 5.74) is 0. The van der Waals surface area contributed by atoms with Gasteiger partial charge in [0.25, 0.3) is 10.2 Å². The van der Waals surface area contributed by atoms with Crippen molar-refractivity contribution >= 4 is 10.2 Å². The summed E-state index contributed by atoms with van der Waals surface area (Å²) in [5.74, 6) is 0. The van der Waals surface area contributed by atoms with Gasteiger partial charge in [0.1, 0.15) is 0 Å². The van der Waals surface area contributed by atoms with E-state index < -0.39 is 10.2 Å². The van der Waals surface area contributed by atoms with Crippen LogP contribution in [0.3, 0.4) is 0 Å². The normalized spacial score (nSPS) is 20.8. The van der Waals surface area contributed by atoms with Gasteiger partial charge in [0, 0.05) is 32.2 Å². The van der Waals surface area contributed by atoms with Crippen LogP contribution in [0.25, 0.3) is 0 Å². The lowest BCUT2D eigenvalue weighted by Gasteiger charge is -2.37. The van der Waals surface area contributed by atoms with Gasteiger partial charge in [-0.2, -0.15) is 17.0 Å². The van der Waals surface area contributed by atoms with E-state index in [1.807, 2.05) is 20.8 Å². The number of hydrogen-bond donors (Lipinski definition) is 1. The van der Waals surface area contributed by atoms with E-state index in [-0.39, 0.29) is 6.04 Å². The molecular formula is C14H31N3O2S. The van der Waals surface area contributed by atoms with Crippen molar-refractivity contribution in [3.05, 3.63) is 0 Å². The van der Waals surface area contributed by atoms with E-state index in [1.165, 1.54) is 0 Å². The van der Waals surface area contributed by atoms with Crippen molar-refractivity contribution in [2.24, 2.45) is 0 Å². The van der Waals surface area contributed by atoms with Gasteiger partial charge < -0.3 is 5.32 Å². The van der Waals surface area contributed by atoms with Gasteiger partial charge in [0.15, 0.2) is 0 Å². The first-order chi connectivity index (χ1) is 9.57. The van der Waals surface area contributed by atoms with E-state index in [4.69, 9.17) is 0 Å². The van der Waals surface area contributed by atoms with Gasteiger partial charge in [-0.3, -0.25) is 0 Å². The highest BCUT2D eigenvalue weighted by Gasteiger charge is 2.34. The molecule has 0 radical (unpaired) electrons. The lowest BCUT2D eigenvalue weighted by molar-refractivity contribution is 0.243. The SMILES string of the molecule is CCCN(CCC)S(=O)(=O)N(CCC)C1CCCNC1. The molecule has 1 aliphatic rings. The van der Waals surface area contributed by atoms with Gasteiger partial charge in [-0.25, -0.2) is 0 Å². The molecule has 1 N–H and O–H groups in total. The summed E-state index contributed by atoms with van der Waals surface area (Å²) >= 11 is 0. The van der Waals surface area contributed by atoms with E-state index in [2.05, 4.69) is 5.32 Å². The van der Waals surface area contributed by atoms with Crippen LogP contribution in [0.2, 0.25) is 0 Å². The first-order valence-corrected chi connectivity index (χ1v) is 9.45. The molecule has 1 atom stereocenters. The minimum atomic E-state index is -3.32. The van der Waals surface area contributed by atoms with Gasteiger partial charge in [-0.05, 0) is 38.6 Å². The van der Waals surface area contributed by atoms with Gasteiger partial charge in [0.2, 0.25) is 0 Å². The second kappa shape index (κ2) is 8.97. The molecule has 1 unspecified atom stereocenters. The third kappa shape index (κ3) is 4.69. The summed E-state index contributed by atoms with van der Waals surface area (Å²) in [6, 6.07) is 0.116. The molecule has 0 spiro atoms. The highest BCUT2D eigenvalue weighted by Crippen LogP contribution is 2.19. The molecule has 1 saturated heterocycles. The van der Waals surface area contributed by atoms with E-state index in [9.17, 15) is 8.42 Å². The average Bonchev–Trinajstić information content (AvgIpc) is 2.45. The van der Waals surface area contributed by atoms with Gasteiger partial charge >= 0.3 is 0 Å². The van der Waals surface area contributed by atoms with Crippen molar-refractivity contribution in [3.63, 3.8) is 0 Å². The summed E-state index contributed by atoms with van der Waals surface area (Å²) in [7, 11) is -3.32. The zero-order valence-corrected chi connectivity index (χ0v) is 14.1. The molecule has 6 heteroatoms. The molecule has 0 aromatic heterocycles. The summed E-state index contributed by atoms with van der Waals surface area (Å²) in [5, 5.41) is 3.32. The molecule has 0 bridgehead atoms. The lowest BCUT2D eigenvalue weighted by atomic mass is 10.1. The zero-order valence-electron chi connectivity index (χ0n) is 13.3. The monoisotopic (exact) mass is 305 g/mol. The average molecular weight is 305 g/mol. The Balaban J connectivity index is 2.90. The summed E-state index contributed by atoms with van der Waals surface area (Å²) < 4.78 is 29.3. The van der Waals surface area contributed by atoms with Crippen molar-refractivity contribution in [2.75, 3.05) is 32.7 Å². The quantitative estimate of drug-likeness (QED) is 0.707. The fourth-order valence-corrected chi connectivity index (χ4v) is 4.87. The largest absolute Gasteiger partial charge is 0.315 e. The number of hydrogen-bond acceptors (Lipinski definition) is 3. The Morgan fingerprint density at radius 2 is 1.65 bits per heavy atom. The van der Waals surface area contributed by atoms with Gasteiger partial charge in [-0.1, -0.05) is 20.8 Å². The van der Waals surface area contributed by atoms with Crippen LogP contribution in [-0.4, -0.2) is 55.8 Å². The predicted octanol–water partition coefficient (Wildman–Crippen LogP) is 1.82. The number of nitrogens with zero attached hydrogens (tertiary/aromatic N) is 2. The minimum absolute atomic E-state index is 0.116. The standard InChI is InChI=1S/C14H31N3O2S/c1-4-10-16(11-5-2)20(18,19)17(12-6-3)14-8-7-9-15-13-14/h14-15H,4-13H2,1-3H3. The van der Waals surface area contributed by atoms with Crippen LogP contribution in [0.4, 0.5) is 0 Å². The first-order valence-electron chi connectivity index (χ1n) is 8.05. The van der Waals surface area contributed by atoms with Crippen LogP contribution in [0, 0.1) is 0 Å². The molecular weight excluding hydrogens is 274 g/mol. The molecule has 1 aliphatic heterocycles. The minimum Gasteiger partial charge on any atom is -0.315 e. The maximum Gasteiger partial charge on any atom is 0.282 e. The van der Waals surface area contributed by atoms with Crippen LogP contribution >= 0.6 is 0 Å². The second-order valence-electron chi connectivity index (χ2n) is 5.52. The topological polar surface area (TPSA) is 52.7 Å². The van der Waals surface area contributed by atoms with E-state index in [0.29, 0.717) is 19.6 Å². The molecule has 0 amide bonds. The Morgan fingerprint density at radius 3 is 2.10 bits per heavy atom. The fourth-order valence-electron chi connectivity index (χ4n) is 2.78. The highest BCUT2D eigenvalue weighted by molar-refractivity contribution is 7.86. The van der Waals surface area contributed by atoms with Crippen LogP contribution in [0.15, 0.2) is 0 Å². The van der Waals surface area contributed by atoms with Crippen molar-refractivity contribution in [1.82, 2.24) is 13.9 Å². The molecule has 1 rings (SSSR count). The molecule has 0 aromatic rings. The fraction of sp³-hybridized carbons (Fsp3) is 1.00.